The number of imide groups is 1. The monoisotopic (exact) mass is 685 g/mol. The number of benzene rings is 3. The summed E-state index contributed by atoms with van der Waals surface area (Å²) >= 11 is 1.45. The third-order valence-corrected chi connectivity index (χ3v) is 10.4. The zero-order chi connectivity index (χ0) is 35.1. The van der Waals surface area contributed by atoms with Crippen LogP contribution in [-0.2, 0) is 33.1 Å². The quantitative estimate of drug-likeness (QED) is 0.162. The van der Waals surface area contributed by atoms with E-state index in [1.165, 1.54) is 21.6 Å². The van der Waals surface area contributed by atoms with Gasteiger partial charge in [0.15, 0.2) is 0 Å². The minimum atomic E-state index is -1.07. The van der Waals surface area contributed by atoms with Crippen LogP contribution in [0.4, 0.5) is 0 Å². The van der Waals surface area contributed by atoms with Crippen molar-refractivity contribution in [1.82, 2.24) is 15.1 Å². The fourth-order valence-corrected chi connectivity index (χ4v) is 7.52. The highest BCUT2D eigenvalue weighted by Gasteiger charge is 2.39. The third kappa shape index (κ3) is 8.51. The molecule has 3 aromatic rings. The van der Waals surface area contributed by atoms with Crippen molar-refractivity contribution in [2.45, 2.75) is 75.6 Å². The molecule has 3 unspecified atom stereocenters. The second-order valence-electron chi connectivity index (χ2n) is 12.9. The molecule has 0 saturated heterocycles. The maximum atomic E-state index is 14.1. The van der Waals surface area contributed by atoms with Crippen molar-refractivity contribution < 1.29 is 33.8 Å². The van der Waals surface area contributed by atoms with Crippen LogP contribution in [0.25, 0.3) is 0 Å². The number of methoxy groups -OCH3 is 1. The molecular weight excluding hydrogens is 642 g/mol. The van der Waals surface area contributed by atoms with Gasteiger partial charge in [-0.2, -0.15) is 0 Å². The van der Waals surface area contributed by atoms with Gasteiger partial charge in [-0.25, -0.2) is 4.79 Å². The summed E-state index contributed by atoms with van der Waals surface area (Å²) in [5, 5.41) is 12.6. The zero-order valence-corrected chi connectivity index (χ0v) is 28.9. The Hall–Kier alpha value is -4.64. The fraction of sp³-hybridized carbons (Fsp3) is 0.395. The van der Waals surface area contributed by atoms with Crippen LogP contribution in [0.3, 0.4) is 0 Å². The van der Waals surface area contributed by atoms with Crippen LogP contribution < -0.4 is 10.1 Å². The summed E-state index contributed by atoms with van der Waals surface area (Å²) in [6.45, 7) is 4.23. The Morgan fingerprint density at radius 1 is 0.918 bits per heavy atom. The standard InChI is InChI=1S/C38H43N3O7S/c1-24(2)20-32(38(46)47)41-22-27-11-5-4-10-26(27)21-31(37(41)45)39-34(42)33(49-23-25-15-17-28(48-3)18-16-25)14-8-9-19-40-35(43)29-12-6-7-13-30(29)36(40)44/h4-7,10-13,15-18,24,31-33H,8-9,14,19-23H2,1-3H3,(H,39,42)(H,46,47). The number of carboxylic acids is 1. The summed E-state index contributed by atoms with van der Waals surface area (Å²) in [5.74, 6) is -1.11. The summed E-state index contributed by atoms with van der Waals surface area (Å²) in [4.78, 5) is 68.9. The molecule has 3 atom stereocenters. The summed E-state index contributed by atoms with van der Waals surface area (Å²) < 4.78 is 5.27. The number of hydrogen-bond donors (Lipinski definition) is 2. The van der Waals surface area contributed by atoms with Crippen molar-refractivity contribution in [3.05, 3.63) is 101 Å². The molecule has 0 fully saturated rings. The van der Waals surface area contributed by atoms with Crippen molar-refractivity contribution in [1.29, 1.82) is 0 Å². The fourth-order valence-electron chi connectivity index (χ4n) is 6.38. The van der Waals surface area contributed by atoms with Gasteiger partial charge in [-0.1, -0.05) is 68.8 Å². The molecule has 4 amide bonds. The van der Waals surface area contributed by atoms with Gasteiger partial charge >= 0.3 is 5.97 Å². The maximum absolute atomic E-state index is 14.1. The number of fused-ring (bicyclic) bond motifs is 2. The average Bonchev–Trinajstić information content (AvgIpc) is 3.24. The number of ether oxygens (including phenoxy) is 1. The van der Waals surface area contributed by atoms with Gasteiger partial charge in [0.05, 0.1) is 23.5 Å². The van der Waals surface area contributed by atoms with Gasteiger partial charge in [-0.05, 0) is 66.1 Å². The molecule has 3 aromatic carbocycles. The maximum Gasteiger partial charge on any atom is 0.326 e. The van der Waals surface area contributed by atoms with Crippen LogP contribution in [0.15, 0.2) is 72.8 Å². The van der Waals surface area contributed by atoms with E-state index in [1.807, 2.05) is 62.4 Å². The highest BCUT2D eigenvalue weighted by molar-refractivity contribution is 7.99. The molecular formula is C38H43N3O7S. The van der Waals surface area contributed by atoms with Crippen LogP contribution in [0.2, 0.25) is 0 Å². The lowest BCUT2D eigenvalue weighted by Crippen LogP contribution is -2.54. The van der Waals surface area contributed by atoms with Crippen LogP contribution in [0.5, 0.6) is 5.75 Å². The van der Waals surface area contributed by atoms with E-state index in [-0.39, 0.29) is 49.6 Å². The first-order valence-electron chi connectivity index (χ1n) is 16.7. The van der Waals surface area contributed by atoms with E-state index in [2.05, 4.69) is 5.32 Å². The molecule has 5 rings (SSSR count). The highest BCUT2D eigenvalue weighted by Crippen LogP contribution is 2.28. The molecule has 49 heavy (non-hydrogen) atoms. The summed E-state index contributed by atoms with van der Waals surface area (Å²) in [6, 6.07) is 20.0. The Balaban J connectivity index is 1.31. The first-order valence-corrected chi connectivity index (χ1v) is 17.7. The predicted molar refractivity (Wildman–Crippen MR) is 187 cm³/mol. The number of unbranched alkanes of at least 4 members (excludes halogenated alkanes) is 1. The topological polar surface area (TPSA) is 133 Å². The van der Waals surface area contributed by atoms with E-state index in [9.17, 15) is 29.1 Å². The lowest BCUT2D eigenvalue weighted by atomic mass is 10.0. The molecule has 2 N–H and O–H groups in total. The number of thioether (sulfide) groups is 1. The second kappa shape index (κ2) is 16.2. The predicted octanol–water partition coefficient (Wildman–Crippen LogP) is 5.33. The minimum Gasteiger partial charge on any atom is -0.497 e. The number of rotatable bonds is 15. The van der Waals surface area contributed by atoms with Crippen molar-refractivity contribution in [2.75, 3.05) is 13.7 Å². The Kier molecular flexibility index (Phi) is 11.8. The lowest BCUT2D eigenvalue weighted by Gasteiger charge is -2.32. The molecule has 2 heterocycles. The van der Waals surface area contributed by atoms with Crippen LogP contribution >= 0.6 is 11.8 Å². The van der Waals surface area contributed by atoms with Gasteiger partial charge in [-0.15, -0.1) is 11.8 Å². The number of nitrogens with one attached hydrogen (secondary N) is 1. The van der Waals surface area contributed by atoms with E-state index in [0.29, 0.717) is 36.1 Å². The Labute approximate surface area is 291 Å². The molecule has 2 aliphatic rings. The number of carboxylic acid groups (broad SMARTS) is 1. The van der Waals surface area contributed by atoms with E-state index < -0.39 is 29.2 Å². The molecule has 0 radical (unpaired) electrons. The number of carbonyl (C=O) groups excluding carboxylic acids is 4. The highest BCUT2D eigenvalue weighted by atomic mass is 32.2. The molecule has 0 aliphatic carbocycles. The number of carbonyl (C=O) groups is 5. The number of aliphatic carboxylic acids is 1. The van der Waals surface area contributed by atoms with Crippen molar-refractivity contribution in [2.24, 2.45) is 5.92 Å². The average molecular weight is 686 g/mol. The Morgan fingerprint density at radius 3 is 2.16 bits per heavy atom. The van der Waals surface area contributed by atoms with Crippen molar-refractivity contribution >= 4 is 41.4 Å². The number of amides is 4. The zero-order valence-electron chi connectivity index (χ0n) is 28.1. The van der Waals surface area contributed by atoms with E-state index in [1.54, 1.807) is 31.4 Å². The SMILES string of the molecule is COc1ccc(CSC(CCCCN2C(=O)c3ccccc3C2=O)C(=O)NC2Cc3ccccc3CN(C(CC(C)C)C(=O)O)C2=O)cc1. The summed E-state index contributed by atoms with van der Waals surface area (Å²) in [7, 11) is 1.60. The van der Waals surface area contributed by atoms with Crippen LogP contribution in [-0.4, -0.2) is 75.5 Å². The van der Waals surface area contributed by atoms with E-state index >= 15 is 0 Å². The molecule has 2 aliphatic heterocycles. The van der Waals surface area contributed by atoms with Crippen molar-refractivity contribution in [3.8, 4) is 5.75 Å². The van der Waals surface area contributed by atoms with Gasteiger partial charge in [0.25, 0.3) is 11.8 Å². The number of hydrogen-bond acceptors (Lipinski definition) is 7. The molecule has 0 aromatic heterocycles. The first kappa shape index (κ1) is 35.7. The van der Waals surface area contributed by atoms with Crippen LogP contribution in [0.1, 0.15) is 76.9 Å². The van der Waals surface area contributed by atoms with Gasteiger partial charge in [0, 0.05) is 25.3 Å². The van der Waals surface area contributed by atoms with Gasteiger partial charge < -0.3 is 20.1 Å². The van der Waals surface area contributed by atoms with Gasteiger partial charge in [0.2, 0.25) is 11.8 Å². The third-order valence-electron chi connectivity index (χ3n) is 9.02. The van der Waals surface area contributed by atoms with Crippen LogP contribution in [0, 0.1) is 5.92 Å². The molecule has 258 valence electrons. The van der Waals surface area contributed by atoms with Gasteiger partial charge in [0.1, 0.15) is 17.8 Å². The summed E-state index contributed by atoms with van der Waals surface area (Å²) in [5.41, 5.74) is 3.56. The molecule has 10 nitrogen and oxygen atoms in total. The normalized spacial score (nSPS) is 17.0. The molecule has 0 bridgehead atoms. The molecule has 0 spiro atoms. The Morgan fingerprint density at radius 2 is 1.55 bits per heavy atom. The Bertz CT molecular complexity index is 1660. The van der Waals surface area contributed by atoms with Crippen molar-refractivity contribution in [3.63, 3.8) is 0 Å². The van der Waals surface area contributed by atoms with E-state index in [4.69, 9.17) is 4.74 Å². The van der Waals surface area contributed by atoms with Gasteiger partial charge in [-0.3, -0.25) is 24.1 Å². The molecule has 11 heteroatoms. The molecule has 0 saturated carbocycles. The largest absolute Gasteiger partial charge is 0.497 e. The minimum absolute atomic E-state index is 0.0412. The summed E-state index contributed by atoms with van der Waals surface area (Å²) in [6.07, 6.45) is 2.06. The number of nitrogens with zero attached hydrogens (tertiary/aromatic N) is 2. The second-order valence-corrected chi connectivity index (χ2v) is 14.1. The lowest BCUT2D eigenvalue weighted by molar-refractivity contribution is -0.152. The van der Waals surface area contributed by atoms with E-state index in [0.717, 1.165) is 22.4 Å². The smallest absolute Gasteiger partial charge is 0.326 e. The first-order chi connectivity index (χ1) is 23.6.